The van der Waals surface area contributed by atoms with Gasteiger partial charge in [-0.25, -0.2) is 0 Å². The van der Waals surface area contributed by atoms with Gasteiger partial charge in [-0.15, -0.1) is 0 Å². The number of benzene rings is 2. The van der Waals surface area contributed by atoms with Gasteiger partial charge in [-0.2, -0.15) is 0 Å². The van der Waals surface area contributed by atoms with Crippen LogP contribution in [-0.4, -0.2) is 25.1 Å². The van der Waals surface area contributed by atoms with Crippen molar-refractivity contribution >= 4 is 17.3 Å². The molecule has 0 bridgehead atoms. The molecule has 2 aromatic carbocycles. The molecule has 0 aromatic heterocycles. The van der Waals surface area contributed by atoms with Crippen LogP contribution >= 0.6 is 0 Å². The van der Waals surface area contributed by atoms with Crippen LogP contribution in [0.1, 0.15) is 23.5 Å². The monoisotopic (exact) mass is 328 g/mol. The average molecular weight is 328 g/mol. The number of rotatable bonds is 4. The summed E-state index contributed by atoms with van der Waals surface area (Å²) in [4.78, 5) is 22.7. The maximum atomic E-state index is 12.1. The minimum Gasteiger partial charge on any atom is -0.497 e. The maximum Gasteiger partial charge on any atom is 0.269 e. The van der Waals surface area contributed by atoms with Crippen LogP contribution in [0.25, 0.3) is 0 Å². The van der Waals surface area contributed by atoms with Crippen LogP contribution in [-0.2, 0) is 4.79 Å². The lowest BCUT2D eigenvalue weighted by Gasteiger charge is -2.28. The van der Waals surface area contributed by atoms with Gasteiger partial charge in [-0.3, -0.25) is 14.9 Å². The Hall–Kier alpha value is -3.09. The van der Waals surface area contributed by atoms with Gasteiger partial charge >= 0.3 is 0 Å². The zero-order valence-corrected chi connectivity index (χ0v) is 13.2. The number of amides is 1. The highest BCUT2D eigenvalue weighted by Crippen LogP contribution is 2.45. The van der Waals surface area contributed by atoms with Crippen molar-refractivity contribution in [3.8, 4) is 11.5 Å². The Labute approximate surface area is 138 Å². The number of nitro benzene ring substituents is 1. The molecule has 1 aliphatic heterocycles. The molecule has 1 aliphatic rings. The van der Waals surface area contributed by atoms with Gasteiger partial charge in [-0.05, 0) is 5.56 Å². The number of ether oxygens (including phenoxy) is 2. The van der Waals surface area contributed by atoms with Crippen LogP contribution in [0.2, 0.25) is 0 Å². The largest absolute Gasteiger partial charge is 0.497 e. The van der Waals surface area contributed by atoms with Gasteiger partial charge in [0.2, 0.25) is 5.91 Å². The summed E-state index contributed by atoms with van der Waals surface area (Å²) >= 11 is 0. The summed E-state index contributed by atoms with van der Waals surface area (Å²) in [6, 6.07) is 9.79. The van der Waals surface area contributed by atoms with Crippen molar-refractivity contribution in [2.75, 3.05) is 19.5 Å². The second kappa shape index (κ2) is 6.19. The van der Waals surface area contributed by atoms with E-state index in [0.29, 0.717) is 22.7 Å². The van der Waals surface area contributed by atoms with Crippen molar-refractivity contribution in [2.45, 2.75) is 12.3 Å². The number of non-ortho nitro benzene ring substituents is 1. The molecule has 7 nitrogen and oxygen atoms in total. The fourth-order valence-corrected chi connectivity index (χ4v) is 2.98. The van der Waals surface area contributed by atoms with Crippen molar-refractivity contribution in [3.05, 3.63) is 57.6 Å². The Balaban J connectivity index is 2.16. The zero-order chi connectivity index (χ0) is 17.3. The smallest absolute Gasteiger partial charge is 0.269 e. The third kappa shape index (κ3) is 2.76. The van der Waals surface area contributed by atoms with Crippen molar-refractivity contribution in [3.63, 3.8) is 0 Å². The summed E-state index contributed by atoms with van der Waals surface area (Å²) in [5, 5.41) is 13.9. The molecule has 0 aliphatic carbocycles. The first-order valence-corrected chi connectivity index (χ1v) is 7.33. The summed E-state index contributed by atoms with van der Waals surface area (Å²) in [6.07, 6.45) is 0.191. The number of anilines is 1. The Morgan fingerprint density at radius 1 is 1.21 bits per heavy atom. The fourth-order valence-electron chi connectivity index (χ4n) is 2.98. The van der Waals surface area contributed by atoms with Crippen LogP contribution in [0.4, 0.5) is 11.4 Å². The van der Waals surface area contributed by atoms with Crippen molar-refractivity contribution in [2.24, 2.45) is 0 Å². The van der Waals surface area contributed by atoms with Crippen LogP contribution < -0.4 is 14.8 Å². The zero-order valence-electron chi connectivity index (χ0n) is 13.2. The van der Waals surface area contributed by atoms with Gasteiger partial charge in [0.1, 0.15) is 11.5 Å². The predicted octanol–water partition coefficient (Wildman–Crippen LogP) is 3.09. The molecule has 1 atom stereocenters. The van der Waals surface area contributed by atoms with Crippen LogP contribution in [0.3, 0.4) is 0 Å². The van der Waals surface area contributed by atoms with Gasteiger partial charge in [0.25, 0.3) is 5.69 Å². The highest BCUT2D eigenvalue weighted by Gasteiger charge is 2.31. The molecule has 0 radical (unpaired) electrons. The van der Waals surface area contributed by atoms with Gasteiger partial charge in [-0.1, -0.05) is 12.1 Å². The van der Waals surface area contributed by atoms with Gasteiger partial charge in [0.05, 0.1) is 24.8 Å². The van der Waals surface area contributed by atoms with E-state index in [1.54, 1.807) is 24.3 Å². The predicted molar refractivity (Wildman–Crippen MR) is 87.7 cm³/mol. The molecule has 0 fully saturated rings. The van der Waals surface area contributed by atoms with E-state index in [-0.39, 0.29) is 23.9 Å². The van der Waals surface area contributed by atoms with Crippen molar-refractivity contribution in [1.29, 1.82) is 0 Å². The SMILES string of the molecule is COc1cc2c(c(OC)c1)[C@H](c1cccc([N+](=O)[O-])c1)CC(=O)N2. The maximum absolute atomic E-state index is 12.1. The number of nitrogens with one attached hydrogen (secondary N) is 1. The Morgan fingerprint density at radius 3 is 2.67 bits per heavy atom. The molecular weight excluding hydrogens is 312 g/mol. The number of hydrogen-bond donors (Lipinski definition) is 1. The van der Waals surface area contributed by atoms with Crippen LogP contribution in [0.15, 0.2) is 36.4 Å². The number of carbonyl (C=O) groups excluding carboxylic acids is 1. The first-order chi connectivity index (χ1) is 11.5. The van der Waals surface area contributed by atoms with E-state index in [4.69, 9.17) is 9.47 Å². The third-order valence-electron chi connectivity index (χ3n) is 4.07. The van der Waals surface area contributed by atoms with E-state index < -0.39 is 4.92 Å². The molecule has 1 heterocycles. The molecule has 1 amide bonds. The van der Waals surface area contributed by atoms with Gasteiger partial charge in [0, 0.05) is 42.2 Å². The number of carbonyl (C=O) groups is 1. The highest BCUT2D eigenvalue weighted by atomic mass is 16.6. The van der Waals surface area contributed by atoms with E-state index in [2.05, 4.69) is 5.32 Å². The van der Waals surface area contributed by atoms with E-state index in [1.165, 1.54) is 26.4 Å². The Morgan fingerprint density at radius 2 is 2.00 bits per heavy atom. The summed E-state index contributed by atoms with van der Waals surface area (Å²) in [7, 11) is 3.07. The van der Waals surface area contributed by atoms with Crippen LogP contribution in [0.5, 0.6) is 11.5 Å². The molecule has 0 spiro atoms. The van der Waals surface area contributed by atoms with Crippen molar-refractivity contribution in [1.82, 2.24) is 0 Å². The summed E-state index contributed by atoms with van der Waals surface area (Å²) in [6.45, 7) is 0. The van der Waals surface area contributed by atoms with Crippen molar-refractivity contribution < 1.29 is 19.2 Å². The first kappa shape index (κ1) is 15.8. The second-order valence-corrected chi connectivity index (χ2v) is 5.45. The number of nitrogens with zero attached hydrogens (tertiary/aromatic N) is 1. The standard InChI is InChI=1S/C17H16N2O5/c1-23-12-7-14-17(15(8-12)24-2)13(9-16(20)18-14)10-4-3-5-11(6-10)19(21)22/h3-8,13H,9H2,1-2H3,(H,18,20)/t13-/m0/s1. The minimum atomic E-state index is -0.446. The fraction of sp³-hybridized carbons (Fsp3) is 0.235. The van der Waals surface area contributed by atoms with E-state index in [9.17, 15) is 14.9 Å². The molecule has 0 unspecified atom stereocenters. The number of fused-ring (bicyclic) bond motifs is 1. The molecule has 1 N–H and O–H groups in total. The molecule has 0 saturated carbocycles. The van der Waals surface area contributed by atoms with Gasteiger partial charge in [0.15, 0.2) is 0 Å². The third-order valence-corrected chi connectivity index (χ3v) is 4.07. The topological polar surface area (TPSA) is 90.7 Å². The lowest BCUT2D eigenvalue weighted by Crippen LogP contribution is -2.24. The second-order valence-electron chi connectivity index (χ2n) is 5.45. The van der Waals surface area contributed by atoms with E-state index in [1.807, 2.05) is 0 Å². The number of methoxy groups -OCH3 is 2. The Kier molecular flexibility index (Phi) is 4.07. The number of hydrogen-bond acceptors (Lipinski definition) is 5. The highest BCUT2D eigenvalue weighted by molar-refractivity contribution is 5.96. The minimum absolute atomic E-state index is 0.00694. The average Bonchev–Trinajstić information content (AvgIpc) is 2.59. The lowest BCUT2D eigenvalue weighted by molar-refractivity contribution is -0.384. The van der Waals surface area contributed by atoms with E-state index in [0.717, 1.165) is 5.56 Å². The normalized spacial score (nSPS) is 16.1. The number of nitro groups is 1. The molecule has 3 rings (SSSR count). The molecule has 24 heavy (non-hydrogen) atoms. The molecule has 0 saturated heterocycles. The lowest BCUT2D eigenvalue weighted by atomic mass is 9.84. The molecule has 2 aromatic rings. The molecule has 124 valence electrons. The molecular formula is C17H16N2O5. The first-order valence-electron chi connectivity index (χ1n) is 7.33. The summed E-state index contributed by atoms with van der Waals surface area (Å²) in [5.41, 5.74) is 2.08. The quantitative estimate of drug-likeness (QED) is 0.688. The summed E-state index contributed by atoms with van der Waals surface area (Å²) < 4.78 is 10.7. The van der Waals surface area contributed by atoms with E-state index >= 15 is 0 Å². The summed E-state index contributed by atoms with van der Waals surface area (Å²) in [5.74, 6) is 0.648. The Bertz CT molecular complexity index is 819. The molecule has 7 heteroatoms. The van der Waals surface area contributed by atoms with Gasteiger partial charge < -0.3 is 14.8 Å². The van der Waals surface area contributed by atoms with Crippen LogP contribution in [0, 0.1) is 10.1 Å².